The maximum absolute atomic E-state index is 12.6. The summed E-state index contributed by atoms with van der Waals surface area (Å²) in [6.45, 7) is 4.42. The number of hydrogen-bond donors (Lipinski definition) is 1. The molecule has 1 aromatic carbocycles. The Labute approximate surface area is 148 Å². The first kappa shape index (κ1) is 19.2. The van der Waals surface area contributed by atoms with Crippen LogP contribution in [0, 0.1) is 19.8 Å². The number of aryl methyl sites for hydroxylation is 2. The van der Waals surface area contributed by atoms with E-state index in [-0.39, 0.29) is 24.3 Å². The maximum atomic E-state index is 12.6. The van der Waals surface area contributed by atoms with Crippen molar-refractivity contribution in [3.63, 3.8) is 0 Å². The predicted octanol–water partition coefficient (Wildman–Crippen LogP) is 0.793. The lowest BCUT2D eigenvalue weighted by Crippen LogP contribution is -2.47. The number of hydrogen-bond acceptors (Lipinski definition) is 4. The summed E-state index contributed by atoms with van der Waals surface area (Å²) in [5.41, 5.74) is 7.79. The highest BCUT2D eigenvalue weighted by molar-refractivity contribution is 7.92. The average Bonchev–Trinajstić information content (AvgIpc) is 2.54. The molecule has 138 valence electrons. The fraction of sp³-hybridized carbons (Fsp3) is 0.529. The number of benzene rings is 1. The van der Waals surface area contributed by atoms with Gasteiger partial charge in [0.15, 0.2) is 0 Å². The molecule has 1 saturated heterocycles. The van der Waals surface area contributed by atoms with E-state index in [0.717, 1.165) is 21.7 Å². The Morgan fingerprint density at radius 2 is 1.80 bits per heavy atom. The zero-order valence-corrected chi connectivity index (χ0v) is 15.7. The highest BCUT2D eigenvalue weighted by Gasteiger charge is 2.29. The SMILES string of the molecule is Cc1ccc(N(CC(=O)N2CCC(C(N)=O)CC2)S(C)(=O)=O)cc1C. The molecular weight excluding hydrogens is 342 g/mol. The molecule has 0 atom stereocenters. The van der Waals surface area contributed by atoms with E-state index in [1.165, 1.54) is 0 Å². The molecule has 2 amide bonds. The van der Waals surface area contributed by atoms with Gasteiger partial charge in [-0.25, -0.2) is 8.42 Å². The molecule has 0 aromatic heterocycles. The van der Waals surface area contributed by atoms with Gasteiger partial charge in [-0.3, -0.25) is 13.9 Å². The lowest BCUT2D eigenvalue weighted by atomic mass is 9.96. The van der Waals surface area contributed by atoms with Gasteiger partial charge in [-0.05, 0) is 49.9 Å². The van der Waals surface area contributed by atoms with Gasteiger partial charge >= 0.3 is 0 Å². The monoisotopic (exact) mass is 367 g/mol. The molecule has 1 fully saturated rings. The number of nitrogens with two attached hydrogens (primary N) is 1. The number of likely N-dealkylation sites (tertiary alicyclic amines) is 1. The van der Waals surface area contributed by atoms with Crippen LogP contribution in [0.5, 0.6) is 0 Å². The van der Waals surface area contributed by atoms with Crippen molar-refractivity contribution in [1.29, 1.82) is 0 Å². The largest absolute Gasteiger partial charge is 0.369 e. The topological polar surface area (TPSA) is 101 Å². The minimum atomic E-state index is -3.59. The quantitative estimate of drug-likeness (QED) is 0.831. The summed E-state index contributed by atoms with van der Waals surface area (Å²) in [6, 6.07) is 5.31. The number of carbonyl (C=O) groups excluding carboxylic acids is 2. The summed E-state index contributed by atoms with van der Waals surface area (Å²) in [7, 11) is -3.59. The van der Waals surface area contributed by atoms with Crippen LogP contribution in [0.15, 0.2) is 18.2 Å². The van der Waals surface area contributed by atoms with Crippen LogP contribution in [-0.4, -0.2) is 51.0 Å². The third-order valence-electron chi connectivity index (χ3n) is 4.71. The fourth-order valence-electron chi connectivity index (χ4n) is 2.92. The molecule has 2 N–H and O–H groups in total. The standard InChI is InChI=1S/C17H25N3O4S/c1-12-4-5-15(10-13(12)2)20(25(3,23)24)11-16(21)19-8-6-14(7-9-19)17(18)22/h4-5,10,14H,6-9,11H2,1-3H3,(H2,18,22). The highest BCUT2D eigenvalue weighted by Crippen LogP contribution is 2.22. The summed E-state index contributed by atoms with van der Waals surface area (Å²) < 4.78 is 25.5. The summed E-state index contributed by atoms with van der Waals surface area (Å²) in [5, 5.41) is 0. The molecule has 1 aliphatic heterocycles. The van der Waals surface area contributed by atoms with E-state index in [2.05, 4.69) is 0 Å². The van der Waals surface area contributed by atoms with E-state index >= 15 is 0 Å². The van der Waals surface area contributed by atoms with Crippen molar-refractivity contribution in [1.82, 2.24) is 4.90 Å². The fourth-order valence-corrected chi connectivity index (χ4v) is 3.76. The van der Waals surface area contributed by atoms with Crippen LogP contribution in [0.3, 0.4) is 0 Å². The van der Waals surface area contributed by atoms with Gasteiger partial charge < -0.3 is 10.6 Å². The summed E-state index contributed by atoms with van der Waals surface area (Å²) in [5.74, 6) is -0.832. The molecule has 1 heterocycles. The Hall–Kier alpha value is -2.09. The molecule has 0 unspecified atom stereocenters. The van der Waals surface area contributed by atoms with Gasteiger partial charge in [0.25, 0.3) is 0 Å². The number of amides is 2. The van der Waals surface area contributed by atoms with E-state index in [4.69, 9.17) is 5.73 Å². The molecule has 0 bridgehead atoms. The van der Waals surface area contributed by atoms with E-state index in [9.17, 15) is 18.0 Å². The second-order valence-electron chi connectivity index (χ2n) is 6.60. The smallest absolute Gasteiger partial charge is 0.243 e. The van der Waals surface area contributed by atoms with Crippen LogP contribution >= 0.6 is 0 Å². The van der Waals surface area contributed by atoms with Crippen LogP contribution in [-0.2, 0) is 19.6 Å². The zero-order valence-electron chi connectivity index (χ0n) is 14.9. The van der Waals surface area contributed by atoms with Crippen LogP contribution in [0.1, 0.15) is 24.0 Å². The molecule has 1 aromatic rings. The number of piperidine rings is 1. The van der Waals surface area contributed by atoms with E-state index in [1.54, 1.807) is 17.0 Å². The first-order valence-electron chi connectivity index (χ1n) is 8.21. The van der Waals surface area contributed by atoms with Crippen molar-refractivity contribution in [3.8, 4) is 0 Å². The number of sulfonamides is 1. The van der Waals surface area contributed by atoms with E-state index in [0.29, 0.717) is 31.6 Å². The molecule has 0 spiro atoms. The van der Waals surface area contributed by atoms with Crippen LogP contribution < -0.4 is 10.0 Å². The molecule has 0 aliphatic carbocycles. The van der Waals surface area contributed by atoms with Gasteiger partial charge in [0.1, 0.15) is 6.54 Å². The second-order valence-corrected chi connectivity index (χ2v) is 8.50. The zero-order chi connectivity index (χ0) is 18.8. The average molecular weight is 367 g/mol. The molecule has 8 heteroatoms. The second kappa shape index (κ2) is 7.43. The van der Waals surface area contributed by atoms with Gasteiger partial charge in [0.2, 0.25) is 21.8 Å². The number of nitrogens with zero attached hydrogens (tertiary/aromatic N) is 2. The third kappa shape index (κ3) is 4.72. The van der Waals surface area contributed by atoms with Gasteiger partial charge in [-0.1, -0.05) is 6.07 Å². The Balaban J connectivity index is 2.14. The summed E-state index contributed by atoms with van der Waals surface area (Å²) in [4.78, 5) is 25.4. The van der Waals surface area contributed by atoms with Crippen LogP contribution in [0.25, 0.3) is 0 Å². The van der Waals surface area contributed by atoms with E-state index < -0.39 is 10.0 Å². The van der Waals surface area contributed by atoms with Crippen molar-refractivity contribution in [2.45, 2.75) is 26.7 Å². The van der Waals surface area contributed by atoms with Crippen LogP contribution in [0.4, 0.5) is 5.69 Å². The predicted molar refractivity (Wildman–Crippen MR) is 96.6 cm³/mol. The van der Waals surface area contributed by atoms with E-state index in [1.807, 2.05) is 19.9 Å². The van der Waals surface area contributed by atoms with Gasteiger partial charge in [-0.2, -0.15) is 0 Å². The number of primary amides is 1. The molecular formula is C17H25N3O4S. The molecule has 1 aliphatic rings. The number of anilines is 1. The lowest BCUT2D eigenvalue weighted by molar-refractivity contribution is -0.133. The first-order chi connectivity index (χ1) is 11.6. The molecule has 25 heavy (non-hydrogen) atoms. The van der Waals surface area contributed by atoms with Gasteiger partial charge in [0.05, 0.1) is 11.9 Å². The van der Waals surface area contributed by atoms with Crippen LogP contribution in [0.2, 0.25) is 0 Å². The van der Waals surface area contributed by atoms with Gasteiger partial charge in [-0.15, -0.1) is 0 Å². The Kier molecular flexibility index (Phi) is 5.72. The first-order valence-corrected chi connectivity index (χ1v) is 10.1. The Morgan fingerprint density at radius 3 is 2.28 bits per heavy atom. The number of rotatable bonds is 5. The van der Waals surface area contributed by atoms with Crippen molar-refractivity contribution in [3.05, 3.63) is 29.3 Å². The van der Waals surface area contributed by atoms with Crippen molar-refractivity contribution in [2.24, 2.45) is 11.7 Å². The molecule has 2 rings (SSSR count). The van der Waals surface area contributed by atoms with Crippen molar-refractivity contribution in [2.75, 3.05) is 30.2 Å². The third-order valence-corrected chi connectivity index (χ3v) is 5.85. The highest BCUT2D eigenvalue weighted by atomic mass is 32.2. The maximum Gasteiger partial charge on any atom is 0.243 e. The van der Waals surface area contributed by atoms with Gasteiger partial charge in [0, 0.05) is 19.0 Å². The van der Waals surface area contributed by atoms with Crippen molar-refractivity contribution < 1.29 is 18.0 Å². The normalized spacial score (nSPS) is 15.9. The van der Waals surface area contributed by atoms with Crippen molar-refractivity contribution >= 4 is 27.5 Å². The Bertz CT molecular complexity index is 768. The number of carbonyl (C=O) groups is 2. The molecule has 0 radical (unpaired) electrons. The summed E-state index contributed by atoms with van der Waals surface area (Å²) >= 11 is 0. The lowest BCUT2D eigenvalue weighted by Gasteiger charge is -2.32. The minimum absolute atomic E-state index is 0.213. The minimum Gasteiger partial charge on any atom is -0.369 e. The summed E-state index contributed by atoms with van der Waals surface area (Å²) in [6.07, 6.45) is 2.13. The molecule has 0 saturated carbocycles. The Morgan fingerprint density at radius 1 is 1.20 bits per heavy atom. The molecule has 7 nitrogen and oxygen atoms in total.